The maximum atomic E-state index is 4.49. The molecule has 0 fully saturated rings. The van der Waals surface area contributed by atoms with Crippen LogP contribution >= 0.6 is 31.9 Å². The van der Waals surface area contributed by atoms with Crippen molar-refractivity contribution in [1.29, 1.82) is 0 Å². The molecule has 98 valence electrons. The van der Waals surface area contributed by atoms with Gasteiger partial charge in [0, 0.05) is 46.0 Å². The number of halogens is 2. The second-order valence-corrected chi connectivity index (χ2v) is 5.92. The van der Waals surface area contributed by atoms with Crippen LogP contribution < -0.4 is 0 Å². The van der Waals surface area contributed by atoms with Crippen LogP contribution in [0.4, 0.5) is 0 Å². The summed E-state index contributed by atoms with van der Waals surface area (Å²) in [6.07, 6.45) is 7.23. The molecule has 20 heavy (non-hydrogen) atoms. The van der Waals surface area contributed by atoms with Gasteiger partial charge in [0.25, 0.3) is 0 Å². The van der Waals surface area contributed by atoms with Crippen molar-refractivity contribution in [3.63, 3.8) is 0 Å². The van der Waals surface area contributed by atoms with Crippen molar-refractivity contribution in [2.75, 3.05) is 0 Å². The highest BCUT2D eigenvalue weighted by Crippen LogP contribution is 2.24. The van der Waals surface area contributed by atoms with Crippen LogP contribution in [-0.2, 0) is 0 Å². The van der Waals surface area contributed by atoms with Crippen LogP contribution in [0.1, 0.15) is 0 Å². The average molecular weight is 391 g/mol. The fourth-order valence-electron chi connectivity index (χ4n) is 1.83. The molecule has 3 heterocycles. The minimum absolute atomic E-state index is 0.818. The van der Waals surface area contributed by atoms with Gasteiger partial charge in [-0.15, -0.1) is 0 Å². The zero-order valence-electron chi connectivity index (χ0n) is 10.3. The van der Waals surface area contributed by atoms with Gasteiger partial charge in [-0.1, -0.05) is 6.07 Å². The summed E-state index contributed by atoms with van der Waals surface area (Å²) in [6, 6.07) is 9.93. The smallest absolute Gasteiger partial charge is 0.106 e. The van der Waals surface area contributed by atoms with Crippen molar-refractivity contribution >= 4 is 31.9 Å². The van der Waals surface area contributed by atoms with E-state index >= 15 is 0 Å². The van der Waals surface area contributed by atoms with Crippen molar-refractivity contribution in [2.45, 2.75) is 0 Å². The molecular weight excluding hydrogens is 382 g/mol. The van der Waals surface area contributed by atoms with Gasteiger partial charge in [0.1, 0.15) is 4.60 Å². The summed E-state index contributed by atoms with van der Waals surface area (Å²) in [5, 5.41) is 0. The molecule has 0 spiro atoms. The molecule has 0 bridgehead atoms. The first-order valence-corrected chi connectivity index (χ1v) is 7.50. The van der Waals surface area contributed by atoms with Gasteiger partial charge in [-0.05, 0) is 56.1 Å². The Bertz CT molecular complexity index is 725. The quantitative estimate of drug-likeness (QED) is 0.593. The number of nitrogens with zero attached hydrogens (tertiary/aromatic N) is 3. The Morgan fingerprint density at radius 1 is 0.700 bits per heavy atom. The predicted octanol–water partition coefficient (Wildman–Crippen LogP) is 4.73. The standard InChI is InChI=1S/C15H9Br2N3/c16-13-5-12(6-18-9-13)10-1-3-14(19-7-10)11-2-4-15(17)20-8-11/h1-9H. The summed E-state index contributed by atoms with van der Waals surface area (Å²) >= 11 is 6.75. The fourth-order valence-corrected chi connectivity index (χ4v) is 2.43. The van der Waals surface area contributed by atoms with Gasteiger partial charge in [-0.25, -0.2) is 4.98 Å². The van der Waals surface area contributed by atoms with Gasteiger partial charge in [-0.3, -0.25) is 9.97 Å². The largest absolute Gasteiger partial charge is 0.263 e. The lowest BCUT2D eigenvalue weighted by Gasteiger charge is -2.04. The van der Waals surface area contributed by atoms with Crippen LogP contribution in [0.3, 0.4) is 0 Å². The van der Waals surface area contributed by atoms with Gasteiger partial charge >= 0.3 is 0 Å². The minimum atomic E-state index is 0.818. The monoisotopic (exact) mass is 389 g/mol. The maximum absolute atomic E-state index is 4.49. The molecule has 0 saturated heterocycles. The van der Waals surface area contributed by atoms with Gasteiger partial charge in [0.2, 0.25) is 0 Å². The summed E-state index contributed by atoms with van der Waals surface area (Å²) in [7, 11) is 0. The van der Waals surface area contributed by atoms with E-state index in [9.17, 15) is 0 Å². The maximum Gasteiger partial charge on any atom is 0.106 e. The number of hydrogen-bond donors (Lipinski definition) is 0. The Kier molecular flexibility index (Phi) is 3.89. The van der Waals surface area contributed by atoms with E-state index in [2.05, 4.69) is 46.8 Å². The SMILES string of the molecule is Brc1cncc(-c2ccc(-c3ccc(Br)nc3)nc2)c1. The lowest BCUT2D eigenvalue weighted by molar-refractivity contribution is 1.25. The lowest BCUT2D eigenvalue weighted by atomic mass is 10.1. The third-order valence-electron chi connectivity index (χ3n) is 2.82. The van der Waals surface area contributed by atoms with E-state index in [-0.39, 0.29) is 0 Å². The van der Waals surface area contributed by atoms with Gasteiger partial charge in [0.15, 0.2) is 0 Å². The summed E-state index contributed by atoms with van der Waals surface area (Å²) < 4.78 is 1.77. The number of pyridine rings is 3. The highest BCUT2D eigenvalue weighted by Gasteiger charge is 2.03. The Labute approximate surface area is 133 Å². The number of hydrogen-bond acceptors (Lipinski definition) is 3. The Morgan fingerprint density at radius 2 is 1.50 bits per heavy atom. The second-order valence-electron chi connectivity index (χ2n) is 4.19. The summed E-state index contributed by atoms with van der Waals surface area (Å²) in [6.45, 7) is 0. The second kappa shape index (κ2) is 5.81. The Hall–Kier alpha value is -1.59. The van der Waals surface area contributed by atoms with E-state index in [4.69, 9.17) is 0 Å². The third-order valence-corrected chi connectivity index (χ3v) is 3.73. The molecule has 0 aliphatic heterocycles. The van der Waals surface area contributed by atoms with Gasteiger partial charge < -0.3 is 0 Å². The zero-order valence-corrected chi connectivity index (χ0v) is 13.5. The van der Waals surface area contributed by atoms with E-state index in [0.29, 0.717) is 0 Å². The van der Waals surface area contributed by atoms with Crippen LogP contribution in [0.15, 0.2) is 64.2 Å². The van der Waals surface area contributed by atoms with E-state index in [1.165, 1.54) is 0 Å². The first-order valence-electron chi connectivity index (χ1n) is 5.91. The molecule has 3 aromatic rings. The molecule has 0 atom stereocenters. The molecule has 3 nitrogen and oxygen atoms in total. The van der Waals surface area contributed by atoms with Crippen LogP contribution in [-0.4, -0.2) is 15.0 Å². The third kappa shape index (κ3) is 2.94. The zero-order chi connectivity index (χ0) is 13.9. The molecule has 0 N–H and O–H groups in total. The topological polar surface area (TPSA) is 38.7 Å². The molecule has 0 aromatic carbocycles. The van der Waals surface area contributed by atoms with E-state index < -0.39 is 0 Å². The minimum Gasteiger partial charge on any atom is -0.263 e. The first-order chi connectivity index (χ1) is 9.72. The summed E-state index contributed by atoms with van der Waals surface area (Å²) in [4.78, 5) is 12.9. The molecule has 0 saturated carbocycles. The number of aromatic nitrogens is 3. The van der Waals surface area contributed by atoms with E-state index in [1.54, 1.807) is 12.4 Å². The van der Waals surface area contributed by atoms with E-state index in [1.807, 2.05) is 42.7 Å². The van der Waals surface area contributed by atoms with E-state index in [0.717, 1.165) is 31.5 Å². The van der Waals surface area contributed by atoms with Crippen molar-refractivity contribution in [3.05, 3.63) is 64.2 Å². The Balaban J connectivity index is 1.93. The molecule has 3 aromatic heterocycles. The van der Waals surface area contributed by atoms with Gasteiger partial charge in [-0.2, -0.15) is 0 Å². The van der Waals surface area contributed by atoms with Crippen LogP contribution in [0.2, 0.25) is 0 Å². The normalized spacial score (nSPS) is 10.5. The highest BCUT2D eigenvalue weighted by atomic mass is 79.9. The molecule has 0 amide bonds. The lowest BCUT2D eigenvalue weighted by Crippen LogP contribution is -1.87. The van der Waals surface area contributed by atoms with Crippen LogP contribution in [0.5, 0.6) is 0 Å². The molecule has 0 aliphatic carbocycles. The van der Waals surface area contributed by atoms with Crippen molar-refractivity contribution < 1.29 is 0 Å². The van der Waals surface area contributed by atoms with Crippen molar-refractivity contribution in [2.24, 2.45) is 0 Å². The first kappa shape index (κ1) is 13.4. The van der Waals surface area contributed by atoms with Crippen molar-refractivity contribution in [1.82, 2.24) is 15.0 Å². The highest BCUT2D eigenvalue weighted by molar-refractivity contribution is 9.10. The molecule has 3 rings (SSSR count). The predicted molar refractivity (Wildman–Crippen MR) is 86.1 cm³/mol. The Morgan fingerprint density at radius 3 is 2.15 bits per heavy atom. The van der Waals surface area contributed by atoms with Gasteiger partial charge in [0.05, 0.1) is 5.69 Å². The number of rotatable bonds is 2. The summed E-state index contributed by atoms with van der Waals surface area (Å²) in [5.41, 5.74) is 3.96. The molecule has 0 aliphatic rings. The molecular formula is C15H9Br2N3. The fraction of sp³-hybridized carbons (Fsp3) is 0. The summed E-state index contributed by atoms with van der Waals surface area (Å²) in [5.74, 6) is 0. The van der Waals surface area contributed by atoms with Crippen LogP contribution in [0.25, 0.3) is 22.4 Å². The van der Waals surface area contributed by atoms with Crippen molar-refractivity contribution in [3.8, 4) is 22.4 Å². The molecule has 0 unspecified atom stereocenters. The van der Waals surface area contributed by atoms with Crippen LogP contribution in [0, 0.1) is 0 Å². The molecule has 5 heteroatoms. The average Bonchev–Trinajstić information content (AvgIpc) is 2.48. The molecule has 0 radical (unpaired) electrons.